The van der Waals surface area contributed by atoms with Crippen LogP contribution in [0.25, 0.3) is 0 Å². The summed E-state index contributed by atoms with van der Waals surface area (Å²) < 4.78 is 35.8. The van der Waals surface area contributed by atoms with Gasteiger partial charge in [0.15, 0.2) is 0 Å². The van der Waals surface area contributed by atoms with Crippen molar-refractivity contribution < 1.29 is 32.6 Å². The van der Waals surface area contributed by atoms with Gasteiger partial charge >= 0.3 is 17.3 Å². The largest absolute Gasteiger partial charge is 0.466 e. The average Bonchev–Trinajstić information content (AvgIpc) is 2.34. The van der Waals surface area contributed by atoms with Crippen LogP contribution in [0.15, 0.2) is 11.3 Å². The lowest BCUT2D eigenvalue weighted by Gasteiger charge is -2.17. The van der Waals surface area contributed by atoms with E-state index >= 15 is 0 Å². The number of rotatable bonds is 8. The highest BCUT2D eigenvalue weighted by Crippen LogP contribution is 2.30. The van der Waals surface area contributed by atoms with E-state index in [0.29, 0.717) is 0 Å². The predicted octanol–water partition coefficient (Wildman–Crippen LogP) is 2.11. The summed E-state index contributed by atoms with van der Waals surface area (Å²) in [5.74, 6) is -2.62. The monoisotopic (exact) mass is 341 g/mol. The Hall–Kier alpha value is -1.70. The number of amides is 1. The second-order valence-electron chi connectivity index (χ2n) is 4.16. The van der Waals surface area contributed by atoms with Gasteiger partial charge in [0.2, 0.25) is 5.91 Å². The highest BCUT2D eigenvalue weighted by molar-refractivity contribution is 6.23. The number of ether oxygens (including phenoxy) is 2. The minimum absolute atomic E-state index is 0.0579. The number of hydrogen-bond donors (Lipinski definition) is 1. The Balaban J connectivity index is 5.03. The summed E-state index contributed by atoms with van der Waals surface area (Å²) in [5.41, 5.74) is -1.12. The standard InChI is InChI=1S/C13H18ClF2NO5/c1-4-21-10(19)6-8(3)12(13(14,15)16)17-9(18)7-11(20)22-5-2/h4-7H2,1-3H3,(H,17,18). The van der Waals surface area contributed by atoms with E-state index in [4.69, 9.17) is 11.6 Å². The maximum Gasteiger partial charge on any atom is 0.362 e. The van der Waals surface area contributed by atoms with Crippen LogP contribution in [0.4, 0.5) is 8.78 Å². The highest BCUT2D eigenvalue weighted by Gasteiger charge is 2.35. The van der Waals surface area contributed by atoms with Gasteiger partial charge in [0.1, 0.15) is 12.1 Å². The normalized spacial score (nSPS) is 12.3. The first-order chi connectivity index (χ1) is 10.1. The van der Waals surface area contributed by atoms with Crippen LogP contribution in [0.3, 0.4) is 0 Å². The highest BCUT2D eigenvalue weighted by atomic mass is 35.5. The molecule has 0 aliphatic rings. The SMILES string of the molecule is CCOC(=O)CC(=O)NC(=C(C)CC(=O)OCC)C(F)(F)Cl. The molecule has 0 heterocycles. The quantitative estimate of drug-likeness (QED) is 0.415. The molecule has 0 aromatic rings. The fourth-order valence-corrected chi connectivity index (χ4v) is 1.67. The number of esters is 2. The molecule has 0 aromatic heterocycles. The lowest BCUT2D eigenvalue weighted by atomic mass is 10.1. The van der Waals surface area contributed by atoms with Gasteiger partial charge in [-0.2, -0.15) is 8.78 Å². The van der Waals surface area contributed by atoms with Crippen molar-refractivity contribution in [3.8, 4) is 0 Å². The van der Waals surface area contributed by atoms with Crippen molar-refractivity contribution in [3.63, 3.8) is 0 Å². The number of carbonyl (C=O) groups excluding carboxylic acids is 3. The van der Waals surface area contributed by atoms with Gasteiger partial charge in [-0.05, 0) is 37.9 Å². The van der Waals surface area contributed by atoms with Gasteiger partial charge in [-0.15, -0.1) is 0 Å². The Morgan fingerprint density at radius 1 is 1.05 bits per heavy atom. The molecule has 0 fully saturated rings. The van der Waals surface area contributed by atoms with Gasteiger partial charge in [0.05, 0.1) is 19.6 Å². The zero-order valence-electron chi connectivity index (χ0n) is 12.5. The summed E-state index contributed by atoms with van der Waals surface area (Å²) >= 11 is 4.92. The Bertz CT molecular complexity index is 460. The predicted molar refractivity (Wildman–Crippen MR) is 74.1 cm³/mol. The van der Waals surface area contributed by atoms with Gasteiger partial charge < -0.3 is 14.8 Å². The van der Waals surface area contributed by atoms with Crippen LogP contribution < -0.4 is 5.32 Å². The maximum absolute atomic E-state index is 13.3. The van der Waals surface area contributed by atoms with Crippen LogP contribution >= 0.6 is 11.6 Å². The van der Waals surface area contributed by atoms with Crippen molar-refractivity contribution in [1.29, 1.82) is 0 Å². The molecule has 1 amide bonds. The zero-order chi connectivity index (χ0) is 17.3. The lowest BCUT2D eigenvalue weighted by molar-refractivity contribution is -0.146. The Labute approximate surface area is 131 Å². The molecule has 0 unspecified atom stereocenters. The van der Waals surface area contributed by atoms with Crippen LogP contribution in [-0.2, 0) is 23.9 Å². The molecule has 1 N–H and O–H groups in total. The van der Waals surface area contributed by atoms with Gasteiger partial charge in [-0.1, -0.05) is 0 Å². The van der Waals surface area contributed by atoms with Crippen molar-refractivity contribution in [2.24, 2.45) is 0 Å². The number of hydrogen-bond acceptors (Lipinski definition) is 5. The first kappa shape index (κ1) is 20.3. The summed E-state index contributed by atoms with van der Waals surface area (Å²) in [4.78, 5) is 34.0. The van der Waals surface area contributed by atoms with E-state index in [1.807, 2.05) is 5.32 Å². The van der Waals surface area contributed by atoms with Crippen LogP contribution in [-0.4, -0.2) is 36.4 Å². The number of allylic oxidation sites excluding steroid dienone is 1. The third-order valence-corrected chi connectivity index (χ3v) is 2.49. The van der Waals surface area contributed by atoms with Gasteiger partial charge in [-0.25, -0.2) is 0 Å². The lowest BCUT2D eigenvalue weighted by Crippen LogP contribution is -2.34. The molecule has 0 aliphatic heterocycles. The fraction of sp³-hybridized carbons (Fsp3) is 0.615. The maximum atomic E-state index is 13.3. The molecule has 22 heavy (non-hydrogen) atoms. The molecule has 0 saturated heterocycles. The first-order valence-electron chi connectivity index (χ1n) is 6.49. The molecule has 0 atom stereocenters. The molecule has 0 radical (unpaired) electrons. The van der Waals surface area contributed by atoms with E-state index in [1.165, 1.54) is 13.8 Å². The summed E-state index contributed by atoms with van der Waals surface area (Å²) in [7, 11) is 0. The molecule has 0 spiro atoms. The molecule has 0 bridgehead atoms. The Morgan fingerprint density at radius 2 is 1.50 bits per heavy atom. The van der Waals surface area contributed by atoms with E-state index in [1.54, 1.807) is 6.92 Å². The minimum Gasteiger partial charge on any atom is -0.466 e. The van der Waals surface area contributed by atoms with Crippen LogP contribution in [0, 0.1) is 0 Å². The molecule has 126 valence electrons. The van der Waals surface area contributed by atoms with Crippen molar-refractivity contribution in [1.82, 2.24) is 5.32 Å². The van der Waals surface area contributed by atoms with E-state index in [-0.39, 0.29) is 18.8 Å². The molecule has 0 rings (SSSR count). The van der Waals surface area contributed by atoms with Gasteiger partial charge in [0, 0.05) is 0 Å². The minimum atomic E-state index is -3.90. The Morgan fingerprint density at radius 3 is 1.91 bits per heavy atom. The molecular formula is C13H18ClF2NO5. The van der Waals surface area contributed by atoms with Crippen molar-refractivity contribution in [3.05, 3.63) is 11.3 Å². The summed E-state index contributed by atoms with van der Waals surface area (Å²) in [5, 5.41) is -2.06. The van der Waals surface area contributed by atoms with Gasteiger partial charge in [0.25, 0.3) is 0 Å². The molecule has 0 aromatic carbocycles. The number of nitrogens with one attached hydrogen (secondary N) is 1. The van der Waals surface area contributed by atoms with Crippen molar-refractivity contribution >= 4 is 29.4 Å². The van der Waals surface area contributed by atoms with Crippen LogP contribution in [0.5, 0.6) is 0 Å². The van der Waals surface area contributed by atoms with E-state index in [2.05, 4.69) is 9.47 Å². The van der Waals surface area contributed by atoms with E-state index < -0.39 is 41.8 Å². The fourth-order valence-electron chi connectivity index (χ4n) is 1.46. The summed E-state index contributed by atoms with van der Waals surface area (Å²) in [6, 6.07) is 0. The van der Waals surface area contributed by atoms with Crippen molar-refractivity contribution in [2.45, 2.75) is 39.0 Å². The van der Waals surface area contributed by atoms with Crippen LogP contribution in [0.1, 0.15) is 33.6 Å². The second-order valence-corrected chi connectivity index (χ2v) is 4.64. The molecule has 6 nitrogen and oxygen atoms in total. The van der Waals surface area contributed by atoms with E-state index in [0.717, 1.165) is 0 Å². The molecular weight excluding hydrogens is 324 g/mol. The smallest absolute Gasteiger partial charge is 0.362 e. The van der Waals surface area contributed by atoms with Gasteiger partial charge in [-0.3, -0.25) is 14.4 Å². The second kappa shape index (κ2) is 9.34. The Kier molecular flexibility index (Phi) is 8.62. The molecule has 0 saturated carbocycles. The molecule has 9 heteroatoms. The summed E-state index contributed by atoms with van der Waals surface area (Å²) in [6.45, 7) is 4.45. The molecule has 0 aliphatic carbocycles. The number of halogens is 3. The average molecular weight is 342 g/mol. The number of alkyl halides is 3. The number of carbonyl (C=O) groups is 3. The first-order valence-corrected chi connectivity index (χ1v) is 6.87. The third kappa shape index (κ3) is 7.92. The van der Waals surface area contributed by atoms with Crippen molar-refractivity contribution in [2.75, 3.05) is 13.2 Å². The topological polar surface area (TPSA) is 81.7 Å². The zero-order valence-corrected chi connectivity index (χ0v) is 13.3. The summed E-state index contributed by atoms with van der Waals surface area (Å²) in [6.07, 6.45) is -1.21. The van der Waals surface area contributed by atoms with E-state index in [9.17, 15) is 23.2 Å². The third-order valence-electron chi connectivity index (χ3n) is 2.30. The van der Waals surface area contributed by atoms with Crippen LogP contribution in [0.2, 0.25) is 0 Å².